The first kappa shape index (κ1) is 53.6. The van der Waals surface area contributed by atoms with E-state index in [0.717, 1.165) is 89.1 Å². The lowest BCUT2D eigenvalue weighted by atomic mass is 9.83. The van der Waals surface area contributed by atoms with Gasteiger partial charge in [-0.05, 0) is 126 Å². The molecule has 0 unspecified atom stereocenters. The lowest BCUT2D eigenvalue weighted by Crippen LogP contribution is -2.36. The van der Waals surface area contributed by atoms with Crippen LogP contribution < -0.4 is 0 Å². The van der Waals surface area contributed by atoms with Gasteiger partial charge in [-0.15, -0.1) is 0 Å². The summed E-state index contributed by atoms with van der Waals surface area (Å²) in [6, 6.07) is 9.83. The highest BCUT2D eigenvalue weighted by Gasteiger charge is 2.29. The Morgan fingerprint density at radius 1 is 0.603 bits per heavy atom. The molecule has 58 heavy (non-hydrogen) atoms. The molecule has 2 aromatic rings. The molecule has 2 rings (SSSR count). The van der Waals surface area contributed by atoms with E-state index in [1.807, 2.05) is 56.4 Å². The van der Waals surface area contributed by atoms with Crippen molar-refractivity contribution in [3.8, 4) is 11.5 Å². The number of aryl methyl sites for hydroxylation is 4. The number of aromatic hydroxyl groups is 2. The normalized spacial score (nSPS) is 12.2. The van der Waals surface area contributed by atoms with Gasteiger partial charge in [-0.25, -0.2) is 0 Å². The van der Waals surface area contributed by atoms with Crippen molar-refractivity contribution in [2.24, 2.45) is 0 Å². The number of carbonyl (C=O) groups excluding carboxylic acids is 2. The quantitative estimate of drug-likeness (QED) is 0.0594. The van der Waals surface area contributed by atoms with E-state index >= 15 is 0 Å². The minimum absolute atomic E-state index is 0.143. The molecule has 0 aromatic heterocycles. The smallest absolute Gasteiger partial charge is 0.334 e. The number of phenolic OH excluding ortho intramolecular Hbond substituents is 2. The van der Waals surface area contributed by atoms with Crippen LogP contribution in [0, 0.1) is 0 Å². The summed E-state index contributed by atoms with van der Waals surface area (Å²) in [7, 11) is 2.74. The van der Waals surface area contributed by atoms with Gasteiger partial charge in [0.15, 0.2) is 0 Å². The first-order chi connectivity index (χ1) is 27.1. The van der Waals surface area contributed by atoms with Gasteiger partial charge < -0.3 is 37.4 Å². The largest absolute Gasteiger partial charge is 0.507 e. The van der Waals surface area contributed by atoms with Crippen LogP contribution in [-0.2, 0) is 73.3 Å². The summed E-state index contributed by atoms with van der Waals surface area (Å²) in [5.41, 5.74) is 5.57. The molecule has 0 saturated carbocycles. The molecule has 2 aromatic carbocycles. The summed E-state index contributed by atoms with van der Waals surface area (Å²) in [6.45, 7) is 21.5. The van der Waals surface area contributed by atoms with E-state index in [9.17, 15) is 19.8 Å². The van der Waals surface area contributed by atoms with Crippen LogP contribution in [0.25, 0.3) is 0 Å². The van der Waals surface area contributed by atoms with E-state index in [1.54, 1.807) is 28.4 Å². The van der Waals surface area contributed by atoms with E-state index in [0.29, 0.717) is 50.4 Å². The van der Waals surface area contributed by atoms with Crippen LogP contribution in [0.4, 0.5) is 0 Å². The van der Waals surface area contributed by atoms with E-state index in [-0.39, 0.29) is 22.8 Å². The van der Waals surface area contributed by atoms with Crippen LogP contribution in [0.1, 0.15) is 121 Å². The van der Waals surface area contributed by atoms with Gasteiger partial charge in [0.25, 0.3) is 0 Å². The fraction of sp³-hybridized carbons (Fsp3) is 0.689. The Labute approximate surface area is 358 Å². The topological polar surface area (TPSA) is 130 Å². The molecule has 0 amide bonds. The molecule has 0 heterocycles. The Bertz CT molecular complexity index is 1530. The predicted molar refractivity (Wildman–Crippen MR) is 243 cm³/mol. The third-order valence-corrected chi connectivity index (χ3v) is 17.6. The zero-order valence-electron chi connectivity index (χ0n) is 38.5. The number of benzene rings is 2. The third-order valence-electron chi connectivity index (χ3n) is 10.5. The van der Waals surface area contributed by atoms with Gasteiger partial charge in [-0.3, -0.25) is 9.59 Å². The monoisotopic (exact) mass is 866 g/mol. The fourth-order valence-corrected chi connectivity index (χ4v) is 10.1. The number of thioether (sulfide) groups is 1. The van der Waals surface area contributed by atoms with Crippen molar-refractivity contribution in [1.82, 2.24) is 0 Å². The molecule has 0 fully saturated rings. The first-order valence-corrected chi connectivity index (χ1v) is 27.1. The maximum atomic E-state index is 12.1. The van der Waals surface area contributed by atoms with Crippen molar-refractivity contribution in [3.05, 3.63) is 57.6 Å². The highest BCUT2D eigenvalue weighted by molar-refractivity contribution is 7.99. The minimum atomic E-state index is -2.10. The van der Waals surface area contributed by atoms with Crippen molar-refractivity contribution >= 4 is 40.8 Å². The summed E-state index contributed by atoms with van der Waals surface area (Å²) in [4.78, 5) is 24.2. The molecule has 0 bridgehead atoms. The van der Waals surface area contributed by atoms with Gasteiger partial charge >= 0.3 is 29.1 Å². The van der Waals surface area contributed by atoms with Gasteiger partial charge in [0.1, 0.15) is 11.5 Å². The van der Waals surface area contributed by atoms with Crippen LogP contribution in [0.2, 0.25) is 25.2 Å². The number of ether oxygens (including phenoxy) is 2. The van der Waals surface area contributed by atoms with Crippen LogP contribution in [0.3, 0.4) is 0 Å². The van der Waals surface area contributed by atoms with Crippen molar-refractivity contribution in [3.63, 3.8) is 0 Å². The number of hydrogen-bond donors (Lipinski definition) is 2. The Balaban J connectivity index is 0.000000586. The summed E-state index contributed by atoms with van der Waals surface area (Å²) >= 11 is 1.88. The molecule has 13 heteroatoms. The predicted octanol–water partition coefficient (Wildman–Crippen LogP) is 10.1. The first-order valence-electron chi connectivity index (χ1n) is 20.9. The molecule has 10 nitrogen and oxygen atoms in total. The third kappa shape index (κ3) is 19.3. The molecule has 0 aliphatic rings. The van der Waals surface area contributed by atoms with Crippen LogP contribution in [-0.4, -0.2) is 92.4 Å². The highest BCUT2D eigenvalue weighted by Crippen LogP contribution is 2.36. The van der Waals surface area contributed by atoms with Crippen molar-refractivity contribution in [1.29, 1.82) is 0 Å². The lowest BCUT2D eigenvalue weighted by molar-refractivity contribution is -0.144. The second-order valence-corrected chi connectivity index (χ2v) is 25.6. The molecular weight excluding hydrogens is 789 g/mol. The highest BCUT2D eigenvalue weighted by atomic mass is 32.2. The summed E-state index contributed by atoms with van der Waals surface area (Å²) in [6.07, 6.45) is 6.15. The molecule has 0 atom stereocenters. The summed E-state index contributed by atoms with van der Waals surface area (Å²) in [5, 5.41) is 21.0. The molecule has 0 radical (unpaired) electrons. The van der Waals surface area contributed by atoms with Crippen molar-refractivity contribution in [2.75, 3.05) is 53.2 Å². The molecule has 0 aliphatic carbocycles. The number of phenols is 2. The number of carbonyl (C=O) groups is 2. The molecular formula is C45H78O10SSi2. The molecule has 2 N–H and O–H groups in total. The zero-order valence-corrected chi connectivity index (χ0v) is 41.3. The van der Waals surface area contributed by atoms with E-state index in [1.165, 1.54) is 0 Å². The Hall–Kier alpha value is -2.40. The summed E-state index contributed by atoms with van der Waals surface area (Å²) in [5.74, 6) is 2.46. The molecule has 332 valence electrons. The lowest BCUT2D eigenvalue weighted by Gasteiger charge is -2.23. The average Bonchev–Trinajstić information content (AvgIpc) is 3.18. The van der Waals surface area contributed by atoms with E-state index in [4.69, 9.17) is 27.2 Å². The SMILES string of the molecule is CCc1cc(CCC(=O)OCCCSCCC[Si](C)(OC)OC)cc(C(C)(C)C)c1O.CCc1cc(CCC(=O)OCCC[Si](C)(OC)OC)cc(C(C)(C)C)c1O. The Kier molecular flexibility index (Phi) is 24.1. The number of rotatable bonds is 24. The molecule has 0 saturated heterocycles. The van der Waals surface area contributed by atoms with Crippen LogP contribution in [0.15, 0.2) is 24.3 Å². The second-order valence-electron chi connectivity index (χ2n) is 17.2. The standard InChI is InChI=1S/C24H42O5SSi.C21H36O5Si/c1-8-20-17-19(18-21(23(20)26)24(2,3)4)11-12-22(25)29-13-9-14-30-15-10-16-31(7,27-5)28-6;1-8-17-14-16(15-18(20(17)23)21(2,3)4)10-11-19(22)26-12-9-13-27(7,24-5)25-6/h17-18,26H,8-16H2,1-7H3;14-15,23H,8-13H2,1-7H3. The van der Waals surface area contributed by atoms with Gasteiger partial charge in [-0.2, -0.15) is 11.8 Å². The average molecular weight is 867 g/mol. The maximum absolute atomic E-state index is 12.1. The van der Waals surface area contributed by atoms with E-state index in [2.05, 4.69) is 48.1 Å². The van der Waals surface area contributed by atoms with Crippen LogP contribution >= 0.6 is 11.8 Å². The second kappa shape index (κ2) is 26.1. The Morgan fingerprint density at radius 2 is 0.966 bits per heavy atom. The number of esters is 2. The summed E-state index contributed by atoms with van der Waals surface area (Å²) < 4.78 is 32.6. The van der Waals surface area contributed by atoms with Gasteiger partial charge in [0.05, 0.1) is 13.2 Å². The van der Waals surface area contributed by atoms with Crippen molar-refractivity contribution < 1.29 is 47.0 Å². The van der Waals surface area contributed by atoms with E-state index < -0.39 is 17.1 Å². The number of hydrogen-bond acceptors (Lipinski definition) is 11. The maximum Gasteiger partial charge on any atom is 0.334 e. The molecule has 0 spiro atoms. The van der Waals surface area contributed by atoms with Gasteiger partial charge in [0, 0.05) is 41.3 Å². The van der Waals surface area contributed by atoms with Crippen molar-refractivity contribution in [2.45, 2.75) is 149 Å². The Morgan fingerprint density at radius 3 is 1.33 bits per heavy atom. The minimum Gasteiger partial charge on any atom is -0.507 e. The van der Waals surface area contributed by atoms with Crippen LogP contribution in [0.5, 0.6) is 11.5 Å². The van der Waals surface area contributed by atoms with Gasteiger partial charge in [0.2, 0.25) is 0 Å². The zero-order chi connectivity index (χ0) is 44.2. The molecule has 0 aliphatic heterocycles. The van der Waals surface area contributed by atoms with Gasteiger partial charge in [-0.1, -0.05) is 79.7 Å². The fourth-order valence-electron chi connectivity index (χ4n) is 6.23.